The highest BCUT2D eigenvalue weighted by Crippen LogP contribution is 2.25. The normalized spacial score (nSPS) is 22.4. The van der Waals surface area contributed by atoms with Crippen LogP contribution < -0.4 is 11.1 Å². The van der Waals surface area contributed by atoms with Gasteiger partial charge in [-0.05, 0) is 19.4 Å². The molecule has 0 saturated carbocycles. The van der Waals surface area contributed by atoms with Crippen molar-refractivity contribution in [3.8, 4) is 0 Å². The summed E-state index contributed by atoms with van der Waals surface area (Å²) >= 11 is 3.22. The summed E-state index contributed by atoms with van der Waals surface area (Å²) in [5, 5.41) is 11.8. The van der Waals surface area contributed by atoms with Crippen molar-refractivity contribution in [1.82, 2.24) is 15.5 Å². The summed E-state index contributed by atoms with van der Waals surface area (Å²) in [4.78, 5) is 0. The van der Waals surface area contributed by atoms with Gasteiger partial charge in [0.05, 0.1) is 0 Å². The second-order valence-corrected chi connectivity index (χ2v) is 5.64. The molecule has 1 atom stereocenters. The van der Waals surface area contributed by atoms with E-state index in [0.717, 1.165) is 16.6 Å². The van der Waals surface area contributed by atoms with E-state index < -0.39 is 0 Å². The van der Waals surface area contributed by atoms with E-state index in [1.54, 1.807) is 11.8 Å². The smallest absolute Gasteiger partial charge is 0.203 e. The molecule has 0 amide bonds. The van der Waals surface area contributed by atoms with Gasteiger partial charge in [-0.15, -0.1) is 10.2 Å². The summed E-state index contributed by atoms with van der Waals surface area (Å²) < 4.78 is 0.981. The number of piperidine rings is 1. The Balaban J connectivity index is 1.76. The Hall–Kier alpha value is -0.330. The van der Waals surface area contributed by atoms with Crippen molar-refractivity contribution in [1.29, 1.82) is 0 Å². The first kappa shape index (κ1) is 10.2. The van der Waals surface area contributed by atoms with Gasteiger partial charge in [0.1, 0.15) is 0 Å². The lowest BCUT2D eigenvalue weighted by molar-refractivity contribution is 0.430. The Morgan fingerprint density at radius 2 is 2.43 bits per heavy atom. The number of nitrogen functional groups attached to an aromatic ring is 1. The van der Waals surface area contributed by atoms with Gasteiger partial charge >= 0.3 is 0 Å². The molecule has 6 heteroatoms. The van der Waals surface area contributed by atoms with E-state index in [9.17, 15) is 0 Å². The van der Waals surface area contributed by atoms with E-state index in [1.165, 1.54) is 30.6 Å². The molecule has 78 valence electrons. The minimum absolute atomic E-state index is 0.559. The number of anilines is 1. The second kappa shape index (κ2) is 4.95. The zero-order chi connectivity index (χ0) is 9.80. The predicted octanol–water partition coefficient (Wildman–Crippen LogP) is 1.35. The van der Waals surface area contributed by atoms with Crippen LogP contribution in [-0.2, 0) is 0 Å². The van der Waals surface area contributed by atoms with Gasteiger partial charge in [-0.25, -0.2) is 0 Å². The third-order valence-electron chi connectivity index (χ3n) is 2.24. The number of nitrogens with two attached hydrogens (primary N) is 1. The molecule has 1 fully saturated rings. The van der Waals surface area contributed by atoms with Crippen molar-refractivity contribution in [2.75, 3.05) is 18.0 Å². The number of rotatable bonds is 3. The van der Waals surface area contributed by atoms with Crippen LogP contribution in [-0.4, -0.2) is 28.5 Å². The summed E-state index contributed by atoms with van der Waals surface area (Å²) in [5.74, 6) is 1.08. The van der Waals surface area contributed by atoms with Crippen molar-refractivity contribution in [2.24, 2.45) is 0 Å². The van der Waals surface area contributed by atoms with E-state index in [-0.39, 0.29) is 0 Å². The zero-order valence-electron chi connectivity index (χ0n) is 7.90. The Morgan fingerprint density at radius 3 is 3.07 bits per heavy atom. The molecule has 0 spiro atoms. The molecule has 0 aromatic carbocycles. The maximum absolute atomic E-state index is 5.50. The molecule has 4 nitrogen and oxygen atoms in total. The average Bonchev–Trinajstić information content (AvgIpc) is 2.63. The molecule has 2 heterocycles. The van der Waals surface area contributed by atoms with Crippen LogP contribution >= 0.6 is 23.1 Å². The van der Waals surface area contributed by atoms with Crippen LogP contribution in [0.3, 0.4) is 0 Å². The highest BCUT2D eigenvalue weighted by molar-refractivity contribution is 8.01. The minimum Gasteiger partial charge on any atom is -0.374 e. The molecular formula is C8H14N4S2. The quantitative estimate of drug-likeness (QED) is 0.768. The molecule has 0 bridgehead atoms. The predicted molar refractivity (Wildman–Crippen MR) is 60.7 cm³/mol. The summed E-state index contributed by atoms with van der Waals surface area (Å²) in [6.45, 7) is 1.16. The second-order valence-electron chi connectivity index (χ2n) is 3.36. The SMILES string of the molecule is Nc1nnc(SCC2CCCCN2)s1. The van der Waals surface area contributed by atoms with E-state index in [0.29, 0.717) is 11.2 Å². The minimum atomic E-state index is 0.559. The first-order valence-corrected chi connectivity index (χ1v) is 6.60. The molecule has 0 aliphatic carbocycles. The molecule has 1 aromatic heterocycles. The van der Waals surface area contributed by atoms with Gasteiger partial charge in [0.2, 0.25) is 5.13 Å². The first-order chi connectivity index (χ1) is 6.84. The van der Waals surface area contributed by atoms with Gasteiger partial charge in [0, 0.05) is 11.8 Å². The van der Waals surface area contributed by atoms with Crippen LogP contribution in [0.5, 0.6) is 0 Å². The number of aromatic nitrogens is 2. The van der Waals surface area contributed by atoms with Crippen molar-refractivity contribution in [3.05, 3.63) is 0 Å². The van der Waals surface area contributed by atoms with E-state index in [4.69, 9.17) is 5.73 Å². The maximum Gasteiger partial charge on any atom is 0.203 e. The van der Waals surface area contributed by atoms with Gasteiger partial charge < -0.3 is 11.1 Å². The molecule has 1 unspecified atom stereocenters. The summed E-state index contributed by atoms with van der Waals surface area (Å²) in [6, 6.07) is 0.638. The maximum atomic E-state index is 5.50. The van der Waals surface area contributed by atoms with Gasteiger partial charge in [-0.1, -0.05) is 29.5 Å². The summed E-state index contributed by atoms with van der Waals surface area (Å²) in [6.07, 6.45) is 3.94. The molecule has 0 radical (unpaired) electrons. The number of hydrogen-bond acceptors (Lipinski definition) is 6. The number of nitrogens with zero attached hydrogens (tertiary/aromatic N) is 2. The van der Waals surface area contributed by atoms with Crippen LogP contribution in [0.1, 0.15) is 19.3 Å². The van der Waals surface area contributed by atoms with Crippen LogP contribution in [0.4, 0.5) is 5.13 Å². The Bertz CT molecular complexity index is 283. The Labute approximate surface area is 91.7 Å². The van der Waals surface area contributed by atoms with Gasteiger partial charge in [0.15, 0.2) is 4.34 Å². The highest BCUT2D eigenvalue weighted by Gasteiger charge is 2.13. The van der Waals surface area contributed by atoms with E-state index >= 15 is 0 Å². The van der Waals surface area contributed by atoms with Crippen molar-refractivity contribution >= 4 is 28.2 Å². The molecular weight excluding hydrogens is 216 g/mol. The molecule has 14 heavy (non-hydrogen) atoms. The fourth-order valence-corrected chi connectivity index (χ4v) is 3.28. The zero-order valence-corrected chi connectivity index (χ0v) is 9.53. The summed E-state index contributed by atoms with van der Waals surface area (Å²) in [7, 11) is 0. The Kier molecular flexibility index (Phi) is 3.61. The third kappa shape index (κ3) is 2.83. The third-order valence-corrected chi connectivity index (χ3v) is 4.29. The average molecular weight is 230 g/mol. The van der Waals surface area contributed by atoms with Crippen molar-refractivity contribution < 1.29 is 0 Å². The first-order valence-electron chi connectivity index (χ1n) is 4.80. The molecule has 2 rings (SSSR count). The fraction of sp³-hybridized carbons (Fsp3) is 0.750. The van der Waals surface area contributed by atoms with E-state index in [2.05, 4.69) is 15.5 Å². The largest absolute Gasteiger partial charge is 0.374 e. The van der Waals surface area contributed by atoms with Crippen molar-refractivity contribution in [2.45, 2.75) is 29.6 Å². The fourth-order valence-electron chi connectivity index (χ4n) is 1.52. The van der Waals surface area contributed by atoms with Gasteiger partial charge in [-0.2, -0.15) is 0 Å². The molecule has 1 saturated heterocycles. The molecule has 1 aliphatic rings. The molecule has 1 aromatic rings. The van der Waals surface area contributed by atoms with Crippen LogP contribution in [0, 0.1) is 0 Å². The monoisotopic (exact) mass is 230 g/mol. The van der Waals surface area contributed by atoms with E-state index in [1.807, 2.05) is 0 Å². The Morgan fingerprint density at radius 1 is 1.50 bits per heavy atom. The highest BCUT2D eigenvalue weighted by atomic mass is 32.2. The lowest BCUT2D eigenvalue weighted by Gasteiger charge is -2.22. The lowest BCUT2D eigenvalue weighted by atomic mass is 10.1. The van der Waals surface area contributed by atoms with Crippen LogP contribution in [0.15, 0.2) is 4.34 Å². The van der Waals surface area contributed by atoms with Crippen LogP contribution in [0.2, 0.25) is 0 Å². The number of thioether (sulfide) groups is 1. The molecule has 3 N–H and O–H groups in total. The molecule has 1 aliphatic heterocycles. The van der Waals surface area contributed by atoms with Gasteiger partial charge in [-0.3, -0.25) is 0 Å². The lowest BCUT2D eigenvalue weighted by Crippen LogP contribution is -2.35. The summed E-state index contributed by atoms with van der Waals surface area (Å²) in [5.41, 5.74) is 5.50. The topological polar surface area (TPSA) is 63.8 Å². The van der Waals surface area contributed by atoms with Gasteiger partial charge in [0.25, 0.3) is 0 Å². The number of hydrogen-bond donors (Lipinski definition) is 2. The van der Waals surface area contributed by atoms with Crippen LogP contribution in [0.25, 0.3) is 0 Å². The number of nitrogens with one attached hydrogen (secondary N) is 1. The van der Waals surface area contributed by atoms with Crippen molar-refractivity contribution in [3.63, 3.8) is 0 Å². The standard InChI is InChI=1S/C8H14N4S2/c9-7-11-12-8(14-7)13-5-6-3-1-2-4-10-6/h6,10H,1-5H2,(H2,9,11).